The minimum Gasteiger partial charge on any atom is -0.481 e. The van der Waals surface area contributed by atoms with E-state index in [1.807, 2.05) is 0 Å². The molecule has 1 aromatic rings. The Kier molecular flexibility index (Phi) is 13.1. The lowest BCUT2D eigenvalue weighted by molar-refractivity contribution is -0.141. The number of rotatable bonds is 9. The summed E-state index contributed by atoms with van der Waals surface area (Å²) in [4.78, 5) is 74.0. The molecule has 1 aromatic carbocycles. The number of primary amides is 1. The van der Waals surface area contributed by atoms with Crippen molar-refractivity contribution in [2.24, 2.45) is 5.73 Å². The quantitative estimate of drug-likeness (QED) is 0.105. The van der Waals surface area contributed by atoms with Gasteiger partial charge in [-0.25, -0.2) is 4.79 Å². The Hall–Kier alpha value is -3.89. The van der Waals surface area contributed by atoms with Crippen LogP contribution in [0.2, 0.25) is 0 Å². The largest absolute Gasteiger partial charge is 0.481 e. The third kappa shape index (κ3) is 11.1. The number of urea groups is 1. The molecule has 2 rings (SSSR count). The molecule has 5 unspecified atom stereocenters. The number of hydrogen-bond donors (Lipinski definition) is 10. The maximum Gasteiger partial charge on any atom is 0.312 e. The molecular weight excluding hydrogens is 546 g/mol. The predicted octanol–water partition coefficient (Wildman–Crippen LogP) is -3.06. The maximum atomic E-state index is 13.3. The van der Waals surface area contributed by atoms with Crippen LogP contribution in [0.5, 0.6) is 0 Å². The molecule has 16 heteroatoms. The standard InChI is InChI=1S/C24H35N7O8S/c25-24(39)26-8-4-7-14-20(35)27-11-18(32)28-16(10-19(33)34)22(37)30-15(9-13-5-2-1-3-6-13)21(36)31-17(12-40)23(38)29-14/h1-3,5-6,14-17,23,29,38,40H,4,7-12H2,(H,27,35)(H,28,32)(H,30,37)(H,31,36)(H,33,34)(H3,25,26,39). The molecule has 0 bridgehead atoms. The van der Waals surface area contributed by atoms with Gasteiger partial charge in [-0.1, -0.05) is 30.3 Å². The van der Waals surface area contributed by atoms with Crippen molar-refractivity contribution in [2.75, 3.05) is 18.8 Å². The molecule has 220 valence electrons. The number of carbonyl (C=O) groups is 6. The maximum absolute atomic E-state index is 13.3. The zero-order valence-corrected chi connectivity index (χ0v) is 22.5. The molecule has 0 aromatic heterocycles. The number of aliphatic hydroxyl groups is 1. The van der Waals surface area contributed by atoms with Gasteiger partial charge in [-0.15, -0.1) is 0 Å². The lowest BCUT2D eigenvalue weighted by atomic mass is 10.0. The smallest absolute Gasteiger partial charge is 0.312 e. The average Bonchev–Trinajstić information content (AvgIpc) is 2.90. The fraction of sp³-hybridized carbons (Fsp3) is 0.500. The number of aliphatic carboxylic acids is 1. The van der Waals surface area contributed by atoms with Crippen LogP contribution in [-0.4, -0.2) is 95.1 Å². The van der Waals surface area contributed by atoms with Crippen LogP contribution in [0.4, 0.5) is 4.79 Å². The first kappa shape index (κ1) is 32.3. The van der Waals surface area contributed by atoms with E-state index in [4.69, 9.17) is 5.73 Å². The summed E-state index contributed by atoms with van der Waals surface area (Å²) in [6.07, 6.45) is -1.88. The van der Waals surface area contributed by atoms with E-state index >= 15 is 0 Å². The van der Waals surface area contributed by atoms with Crippen molar-refractivity contribution in [2.45, 2.75) is 56.1 Å². The number of hydrogen-bond acceptors (Lipinski definition) is 9. The van der Waals surface area contributed by atoms with Crippen molar-refractivity contribution >= 4 is 48.3 Å². The summed E-state index contributed by atoms with van der Waals surface area (Å²) in [5, 5.41) is 34.9. The summed E-state index contributed by atoms with van der Waals surface area (Å²) < 4.78 is 0. The highest BCUT2D eigenvalue weighted by molar-refractivity contribution is 7.80. The Bertz CT molecular complexity index is 1060. The van der Waals surface area contributed by atoms with Gasteiger partial charge in [0.15, 0.2) is 0 Å². The molecular formula is C24H35N7O8S. The monoisotopic (exact) mass is 581 g/mol. The lowest BCUT2D eigenvalue weighted by Crippen LogP contribution is -2.60. The van der Waals surface area contributed by atoms with E-state index < -0.39 is 79.0 Å². The van der Waals surface area contributed by atoms with E-state index in [2.05, 4.69) is 44.5 Å². The molecule has 1 aliphatic rings. The van der Waals surface area contributed by atoms with E-state index in [0.29, 0.717) is 5.56 Å². The topological polar surface area (TPSA) is 241 Å². The van der Waals surface area contributed by atoms with Crippen LogP contribution < -0.4 is 37.6 Å². The number of thiol groups is 1. The van der Waals surface area contributed by atoms with Gasteiger partial charge in [-0.3, -0.25) is 29.3 Å². The Labute approximate surface area is 235 Å². The van der Waals surface area contributed by atoms with Crippen LogP contribution in [0.15, 0.2) is 30.3 Å². The number of nitrogens with one attached hydrogen (secondary N) is 6. The number of amides is 6. The predicted molar refractivity (Wildman–Crippen MR) is 145 cm³/mol. The number of nitrogens with two attached hydrogens (primary N) is 1. The number of carbonyl (C=O) groups excluding carboxylic acids is 5. The summed E-state index contributed by atoms with van der Waals surface area (Å²) in [5.41, 5.74) is 5.73. The van der Waals surface area contributed by atoms with Gasteiger partial charge >= 0.3 is 12.0 Å². The third-order valence-corrected chi connectivity index (χ3v) is 6.33. The second-order valence-electron chi connectivity index (χ2n) is 9.08. The van der Waals surface area contributed by atoms with Crippen molar-refractivity contribution in [1.29, 1.82) is 0 Å². The van der Waals surface area contributed by atoms with Gasteiger partial charge in [0.1, 0.15) is 18.3 Å². The molecule has 40 heavy (non-hydrogen) atoms. The zero-order chi connectivity index (χ0) is 29.7. The summed E-state index contributed by atoms with van der Waals surface area (Å²) in [6, 6.07) is 3.10. The SMILES string of the molecule is NC(=O)NCCCC1NC(O)C(CS)NC(=O)C(Cc2ccccc2)NC(=O)C(CC(=O)O)NC(=O)CNC1=O. The van der Waals surface area contributed by atoms with Gasteiger partial charge in [-0.2, -0.15) is 12.6 Å². The van der Waals surface area contributed by atoms with Crippen molar-refractivity contribution in [1.82, 2.24) is 31.9 Å². The highest BCUT2D eigenvalue weighted by Crippen LogP contribution is 2.08. The van der Waals surface area contributed by atoms with Crippen LogP contribution in [0.25, 0.3) is 0 Å². The van der Waals surface area contributed by atoms with E-state index in [-0.39, 0.29) is 31.6 Å². The zero-order valence-electron chi connectivity index (χ0n) is 21.6. The second-order valence-corrected chi connectivity index (χ2v) is 9.45. The lowest BCUT2D eigenvalue weighted by Gasteiger charge is -2.29. The van der Waals surface area contributed by atoms with Gasteiger partial charge in [0.2, 0.25) is 23.6 Å². The molecule has 5 atom stereocenters. The molecule has 1 heterocycles. The van der Waals surface area contributed by atoms with Crippen molar-refractivity contribution in [3.63, 3.8) is 0 Å². The van der Waals surface area contributed by atoms with Crippen LogP contribution in [0.3, 0.4) is 0 Å². The Morgan fingerprint density at radius 3 is 2.27 bits per heavy atom. The second kappa shape index (κ2) is 16.3. The van der Waals surface area contributed by atoms with Gasteiger partial charge in [-0.05, 0) is 18.4 Å². The van der Waals surface area contributed by atoms with Crippen LogP contribution in [0.1, 0.15) is 24.8 Å². The summed E-state index contributed by atoms with van der Waals surface area (Å²) in [7, 11) is 0. The highest BCUT2D eigenvalue weighted by Gasteiger charge is 2.32. The third-order valence-electron chi connectivity index (χ3n) is 5.93. The Balaban J connectivity index is 2.36. The van der Waals surface area contributed by atoms with Gasteiger partial charge in [0.25, 0.3) is 0 Å². The molecule has 1 aliphatic heterocycles. The average molecular weight is 582 g/mol. The van der Waals surface area contributed by atoms with Crippen molar-refractivity contribution in [3.05, 3.63) is 35.9 Å². The van der Waals surface area contributed by atoms with Gasteiger partial charge < -0.3 is 42.5 Å². The molecule has 0 spiro atoms. The number of aliphatic hydroxyl groups excluding tert-OH is 1. The molecule has 6 amide bonds. The normalized spacial score (nSPS) is 24.8. The molecule has 0 aliphatic carbocycles. The fourth-order valence-corrected chi connectivity index (χ4v) is 4.18. The molecule has 15 nitrogen and oxygen atoms in total. The molecule has 1 saturated heterocycles. The number of benzene rings is 1. The summed E-state index contributed by atoms with van der Waals surface area (Å²) in [5.74, 6) is -4.62. The highest BCUT2D eigenvalue weighted by atomic mass is 32.1. The molecule has 0 saturated carbocycles. The van der Waals surface area contributed by atoms with Crippen molar-refractivity contribution < 1.29 is 39.0 Å². The first-order chi connectivity index (χ1) is 19.0. The first-order valence-corrected chi connectivity index (χ1v) is 13.1. The Morgan fingerprint density at radius 2 is 1.65 bits per heavy atom. The van der Waals surface area contributed by atoms with Gasteiger partial charge in [0, 0.05) is 18.7 Å². The van der Waals surface area contributed by atoms with Gasteiger partial charge in [0.05, 0.1) is 25.0 Å². The number of carboxylic acid groups (broad SMARTS) is 1. The van der Waals surface area contributed by atoms with E-state index in [1.165, 1.54) is 0 Å². The number of carboxylic acids is 1. The first-order valence-electron chi connectivity index (χ1n) is 12.5. The minimum absolute atomic E-state index is 0.0183. The van der Waals surface area contributed by atoms with E-state index in [1.54, 1.807) is 30.3 Å². The van der Waals surface area contributed by atoms with E-state index in [0.717, 1.165) is 0 Å². The summed E-state index contributed by atoms with van der Waals surface area (Å²) in [6.45, 7) is -0.466. The minimum atomic E-state index is -1.54. The molecule has 0 radical (unpaired) electrons. The van der Waals surface area contributed by atoms with E-state index in [9.17, 15) is 39.0 Å². The van der Waals surface area contributed by atoms with Crippen LogP contribution in [-0.2, 0) is 30.4 Å². The van der Waals surface area contributed by atoms with Crippen LogP contribution >= 0.6 is 12.6 Å². The van der Waals surface area contributed by atoms with Crippen LogP contribution in [0, 0.1) is 0 Å². The Morgan fingerprint density at radius 1 is 0.975 bits per heavy atom. The summed E-state index contributed by atoms with van der Waals surface area (Å²) >= 11 is 4.20. The molecule has 1 fully saturated rings. The fourth-order valence-electron chi connectivity index (χ4n) is 3.89. The molecule has 10 N–H and O–H groups in total. The van der Waals surface area contributed by atoms with Crippen molar-refractivity contribution in [3.8, 4) is 0 Å².